The molecule has 0 aromatic heterocycles. The van der Waals surface area contributed by atoms with Crippen molar-refractivity contribution in [1.82, 2.24) is 0 Å². The lowest BCUT2D eigenvalue weighted by Gasteiger charge is -2.41. The highest BCUT2D eigenvalue weighted by Gasteiger charge is 2.45. The van der Waals surface area contributed by atoms with Gasteiger partial charge in [0.05, 0.1) is 18.7 Å². The third-order valence-corrected chi connectivity index (χ3v) is 4.61. The van der Waals surface area contributed by atoms with Crippen LogP contribution in [-0.4, -0.2) is 24.9 Å². The summed E-state index contributed by atoms with van der Waals surface area (Å²) in [7, 11) is 0. The Morgan fingerprint density at radius 2 is 1.80 bits per heavy atom. The predicted molar refractivity (Wildman–Crippen MR) is 67.4 cm³/mol. The number of piperidine rings is 3. The summed E-state index contributed by atoms with van der Waals surface area (Å²) in [4.78, 5) is 13.4. The zero-order valence-corrected chi connectivity index (χ0v) is 11.0. The summed E-state index contributed by atoms with van der Waals surface area (Å²) in [6, 6.07) is 5.32. The Morgan fingerprint density at radius 3 is 2.40 bits per heavy atom. The van der Waals surface area contributed by atoms with Crippen LogP contribution in [-0.2, 0) is 17.4 Å². The molecule has 3 heterocycles. The van der Waals surface area contributed by atoms with E-state index >= 15 is 0 Å². The number of fused-ring (bicyclic) bond motifs is 3. The first-order valence-electron chi connectivity index (χ1n) is 7.00. The number of rotatable bonds is 2. The molecule has 2 nitrogen and oxygen atoms in total. The van der Waals surface area contributed by atoms with E-state index in [0.29, 0.717) is 0 Å². The Bertz CT molecular complexity index is 518. The highest BCUT2D eigenvalue weighted by atomic mass is 19.4. The van der Waals surface area contributed by atoms with Crippen molar-refractivity contribution < 1.29 is 22.9 Å². The van der Waals surface area contributed by atoms with Gasteiger partial charge in [-0.25, -0.2) is 0 Å². The molecule has 1 N–H and O–H groups in total. The largest absolute Gasteiger partial charge is 0.416 e. The summed E-state index contributed by atoms with van der Waals surface area (Å²) >= 11 is 0. The minimum atomic E-state index is -4.35. The van der Waals surface area contributed by atoms with Crippen LogP contribution < -0.4 is 4.90 Å². The second-order valence-electron chi connectivity index (χ2n) is 5.75. The van der Waals surface area contributed by atoms with Gasteiger partial charge in [0.2, 0.25) is 0 Å². The molecule has 0 spiro atoms. The van der Waals surface area contributed by atoms with Gasteiger partial charge < -0.3 is 4.90 Å². The first kappa shape index (κ1) is 13.6. The van der Waals surface area contributed by atoms with Gasteiger partial charge in [-0.3, -0.25) is 4.79 Å². The molecule has 3 fully saturated rings. The van der Waals surface area contributed by atoms with Crippen molar-refractivity contribution in [3.8, 4) is 0 Å². The molecule has 3 aliphatic heterocycles. The number of hydrogen-bond donors (Lipinski definition) is 1. The maximum atomic E-state index is 13.0. The van der Waals surface area contributed by atoms with Crippen LogP contribution in [0.3, 0.4) is 0 Å². The lowest BCUT2D eigenvalue weighted by molar-refractivity contribution is -0.927. The number of hydrogen-bond acceptors (Lipinski definition) is 1. The molecular weight excluding hydrogens is 267 g/mol. The summed E-state index contributed by atoms with van der Waals surface area (Å²) in [6.07, 6.45) is -2.35. The zero-order chi connectivity index (χ0) is 14.3. The first-order valence-corrected chi connectivity index (χ1v) is 7.00. The molecule has 1 aromatic carbocycles. The van der Waals surface area contributed by atoms with Gasteiger partial charge in [0.1, 0.15) is 0 Å². The Kier molecular flexibility index (Phi) is 3.32. The molecule has 0 unspecified atom stereocenters. The summed E-state index contributed by atoms with van der Waals surface area (Å²) in [5.74, 6) is 0.241. The van der Waals surface area contributed by atoms with Crippen molar-refractivity contribution in [2.75, 3.05) is 13.1 Å². The van der Waals surface area contributed by atoms with E-state index < -0.39 is 11.7 Å². The normalized spacial score (nSPS) is 29.8. The van der Waals surface area contributed by atoms with Crippen molar-refractivity contribution in [3.63, 3.8) is 0 Å². The van der Waals surface area contributed by atoms with Crippen LogP contribution in [0.4, 0.5) is 13.2 Å². The number of halogens is 3. The van der Waals surface area contributed by atoms with Crippen LogP contribution in [0.2, 0.25) is 0 Å². The lowest BCUT2D eigenvalue weighted by Crippen LogP contribution is -3.20. The first-order chi connectivity index (χ1) is 9.47. The van der Waals surface area contributed by atoms with Gasteiger partial charge in [-0.15, -0.1) is 0 Å². The summed E-state index contributed by atoms with van der Waals surface area (Å²) in [5, 5.41) is 0. The maximum Gasteiger partial charge on any atom is 0.416 e. The number of alkyl halides is 3. The molecule has 0 amide bonds. The molecule has 2 bridgehead atoms. The van der Waals surface area contributed by atoms with Gasteiger partial charge in [0.25, 0.3) is 0 Å². The van der Waals surface area contributed by atoms with Crippen LogP contribution in [0, 0.1) is 5.92 Å². The minimum absolute atomic E-state index is 0.0792. The lowest BCUT2D eigenvalue weighted by atomic mass is 9.79. The fraction of sp³-hybridized carbons (Fsp3) is 0.533. The van der Waals surface area contributed by atoms with E-state index in [4.69, 9.17) is 0 Å². The van der Waals surface area contributed by atoms with Crippen molar-refractivity contribution in [3.05, 3.63) is 35.4 Å². The maximum absolute atomic E-state index is 13.0. The fourth-order valence-electron chi connectivity index (χ4n) is 3.55. The number of ketones is 1. The Balaban J connectivity index is 1.87. The van der Waals surface area contributed by atoms with E-state index in [-0.39, 0.29) is 29.7 Å². The minimum Gasteiger partial charge on any atom is -0.326 e. The molecule has 20 heavy (non-hydrogen) atoms. The quantitative estimate of drug-likeness (QED) is 0.873. The standard InChI is InChI=1S/C15H16F3NO/c16-15(17,18)12-4-2-1-3-11(12)9-13-14(20)10-5-7-19(13)8-6-10/h1-4,10,13H,5-9H2/p+1/t13-/m0/s1. The average molecular weight is 284 g/mol. The molecule has 5 heteroatoms. The Morgan fingerprint density at radius 1 is 1.15 bits per heavy atom. The van der Waals surface area contributed by atoms with Gasteiger partial charge in [-0.1, -0.05) is 18.2 Å². The van der Waals surface area contributed by atoms with Crippen LogP contribution in [0.25, 0.3) is 0 Å². The van der Waals surface area contributed by atoms with Crippen molar-refractivity contribution in [1.29, 1.82) is 0 Å². The molecule has 0 radical (unpaired) electrons. The van der Waals surface area contributed by atoms with E-state index in [2.05, 4.69) is 0 Å². The van der Waals surface area contributed by atoms with Gasteiger partial charge in [0.15, 0.2) is 11.8 Å². The van der Waals surface area contributed by atoms with Gasteiger partial charge in [0, 0.05) is 25.2 Å². The van der Waals surface area contributed by atoms with Gasteiger partial charge in [-0.05, 0) is 11.6 Å². The van der Waals surface area contributed by atoms with E-state index in [1.54, 1.807) is 6.07 Å². The second kappa shape index (κ2) is 4.88. The number of carbonyl (C=O) groups excluding carboxylic acids is 1. The Labute approximate surface area is 115 Å². The van der Waals surface area contributed by atoms with Crippen LogP contribution in [0.15, 0.2) is 24.3 Å². The van der Waals surface area contributed by atoms with Gasteiger partial charge in [-0.2, -0.15) is 13.2 Å². The number of quaternary nitrogens is 1. The number of carbonyl (C=O) groups is 1. The highest BCUT2D eigenvalue weighted by Crippen LogP contribution is 2.32. The molecule has 0 saturated carbocycles. The molecule has 4 rings (SSSR count). The second-order valence-corrected chi connectivity index (χ2v) is 5.75. The highest BCUT2D eigenvalue weighted by molar-refractivity contribution is 5.86. The molecule has 0 aliphatic carbocycles. The molecule has 1 atom stereocenters. The third kappa shape index (κ3) is 2.35. The molecular formula is C15H17F3NO+. The number of benzene rings is 1. The Hall–Kier alpha value is -1.36. The topological polar surface area (TPSA) is 21.5 Å². The fourth-order valence-corrected chi connectivity index (χ4v) is 3.55. The summed E-state index contributed by atoms with van der Waals surface area (Å²) in [6.45, 7) is 1.82. The van der Waals surface area contributed by atoms with E-state index in [0.717, 1.165) is 36.9 Å². The molecule has 3 saturated heterocycles. The van der Waals surface area contributed by atoms with Crippen LogP contribution in [0.5, 0.6) is 0 Å². The van der Waals surface area contributed by atoms with Gasteiger partial charge >= 0.3 is 6.18 Å². The molecule has 1 aromatic rings. The zero-order valence-electron chi connectivity index (χ0n) is 11.0. The SMILES string of the molecule is O=C1C2CC[NH+](CC2)[C@H]1Cc1ccccc1C(F)(F)F. The smallest absolute Gasteiger partial charge is 0.326 e. The predicted octanol–water partition coefficient (Wildman–Crippen LogP) is 1.49. The van der Waals surface area contributed by atoms with Crippen molar-refractivity contribution in [2.24, 2.45) is 5.92 Å². The van der Waals surface area contributed by atoms with Crippen molar-refractivity contribution in [2.45, 2.75) is 31.5 Å². The number of nitrogens with one attached hydrogen (secondary N) is 1. The van der Waals surface area contributed by atoms with E-state index in [9.17, 15) is 18.0 Å². The van der Waals surface area contributed by atoms with Crippen LogP contribution in [0.1, 0.15) is 24.0 Å². The van der Waals surface area contributed by atoms with Crippen LogP contribution >= 0.6 is 0 Å². The van der Waals surface area contributed by atoms with Crippen molar-refractivity contribution >= 4 is 5.78 Å². The summed E-state index contributed by atoms with van der Waals surface area (Å²) in [5.41, 5.74) is -0.353. The molecule has 108 valence electrons. The third-order valence-electron chi connectivity index (χ3n) is 4.61. The van der Waals surface area contributed by atoms with E-state index in [1.165, 1.54) is 12.1 Å². The summed E-state index contributed by atoms with van der Waals surface area (Å²) < 4.78 is 39.0. The monoisotopic (exact) mass is 284 g/mol. The molecule has 3 aliphatic rings. The average Bonchev–Trinajstić information content (AvgIpc) is 2.43. The van der Waals surface area contributed by atoms with E-state index in [1.807, 2.05) is 0 Å². The number of Topliss-reactive ketones (excluding diaryl/α,β-unsaturated/α-hetero) is 1.